The molecule has 0 bridgehead atoms. The van der Waals surface area contributed by atoms with E-state index in [1.54, 1.807) is 0 Å². The van der Waals surface area contributed by atoms with Crippen molar-refractivity contribution in [3.8, 4) is 0 Å². The van der Waals surface area contributed by atoms with Gasteiger partial charge in [0.2, 0.25) is 0 Å². The molecular weight excluding hydrogens is 169 g/mol. The first-order valence-electron chi connectivity index (χ1n) is 0. The quantitative estimate of drug-likeness (QED) is 0.378. The van der Waals surface area contributed by atoms with Gasteiger partial charge in [0.25, 0.3) is 0 Å². The number of hydrogen-bond acceptors (Lipinski definition) is 0. The first-order chi connectivity index (χ1) is 0. The Morgan fingerprint density at radius 3 is 0.750 bits per heavy atom. The molecule has 0 aliphatic rings. The Labute approximate surface area is 81.4 Å². The molecule has 0 unspecified atom stereocenters. The van der Waals surface area contributed by atoms with Crippen LogP contribution in [0.25, 0.3) is 0 Å². The zero-order valence-corrected chi connectivity index (χ0v) is 5.23. The van der Waals surface area contributed by atoms with Crippen LogP contribution in [0.3, 0.4) is 0 Å². The van der Waals surface area contributed by atoms with Crippen LogP contribution < -0.4 is 0 Å². The Kier molecular flexibility index (Phi) is 130. The van der Waals surface area contributed by atoms with Crippen molar-refractivity contribution >= 4 is 46.1 Å². The van der Waals surface area contributed by atoms with E-state index in [0.717, 1.165) is 0 Å². The third-order valence-corrected chi connectivity index (χ3v) is 0. The Morgan fingerprint density at radius 1 is 0.750 bits per heavy atom. The predicted octanol–water partition coefficient (Wildman–Crippen LogP) is -1.84. The molecule has 0 spiro atoms. The fourth-order valence-electron chi connectivity index (χ4n) is 0. The normalized spacial score (nSPS) is 0. The van der Waals surface area contributed by atoms with Gasteiger partial charge in [0.05, 0.1) is 0 Å². The summed E-state index contributed by atoms with van der Waals surface area (Å²) >= 11 is 0. The van der Waals surface area contributed by atoms with E-state index in [1.807, 2.05) is 0 Å². The molecule has 0 N–H and O–H groups in total. The first-order valence-corrected chi connectivity index (χ1v) is 0. The second-order valence-corrected chi connectivity index (χ2v) is 0. The van der Waals surface area contributed by atoms with Gasteiger partial charge in [0.15, 0.2) is 0 Å². The topological polar surface area (TPSA) is 0 Å². The molecule has 0 atom stereocenters. The second kappa shape index (κ2) is 17.3. The minimum atomic E-state index is 0. The van der Waals surface area contributed by atoms with Gasteiger partial charge in [-0.1, -0.05) is 0 Å². The summed E-state index contributed by atoms with van der Waals surface area (Å²) in [4.78, 5) is 0. The Balaban J connectivity index is 0. The molecule has 17 valence electrons. The fourth-order valence-corrected chi connectivity index (χ4v) is 0. The van der Waals surface area contributed by atoms with Crippen molar-refractivity contribution in [2.24, 2.45) is 0 Å². The summed E-state index contributed by atoms with van der Waals surface area (Å²) in [6.45, 7) is 0. The van der Waals surface area contributed by atoms with E-state index < -0.39 is 0 Å². The first kappa shape index (κ1) is 30.0. The van der Waals surface area contributed by atoms with Gasteiger partial charge in [0.1, 0.15) is 0 Å². The van der Waals surface area contributed by atoms with Crippen LogP contribution in [0.1, 0.15) is 0 Å². The van der Waals surface area contributed by atoms with E-state index in [-0.39, 0.29) is 82.7 Å². The van der Waals surface area contributed by atoms with Crippen molar-refractivity contribution in [2.75, 3.05) is 0 Å². The molecule has 0 fully saturated rings. The number of hydrogen-bond donors (Lipinski definition) is 0. The SMILES string of the molecule is [MgH2].[MgH2].[Mn].[Zn]. The summed E-state index contributed by atoms with van der Waals surface area (Å²) in [5, 5.41) is 0. The average molecular weight is 173 g/mol. The van der Waals surface area contributed by atoms with Gasteiger partial charge in [-0.15, -0.1) is 0 Å². The Morgan fingerprint density at radius 2 is 0.750 bits per heavy atom. The summed E-state index contributed by atoms with van der Waals surface area (Å²) in [5.41, 5.74) is 0. The van der Waals surface area contributed by atoms with Crippen LogP contribution in [-0.2, 0) is 36.5 Å². The molecule has 0 heterocycles. The molecule has 0 aromatic carbocycles. The van der Waals surface area contributed by atoms with Crippen molar-refractivity contribution in [3.05, 3.63) is 0 Å². The predicted molar refractivity (Wildman–Crippen MR) is 17.1 cm³/mol. The van der Waals surface area contributed by atoms with Crippen molar-refractivity contribution in [3.63, 3.8) is 0 Å². The zero-order valence-electron chi connectivity index (χ0n) is 1.09. The molecule has 0 amide bonds. The molecule has 0 aromatic heterocycles. The molecule has 0 nitrogen and oxygen atoms in total. The van der Waals surface area contributed by atoms with Crippen LogP contribution in [0.4, 0.5) is 0 Å². The molecule has 0 aliphatic heterocycles. The van der Waals surface area contributed by atoms with Gasteiger partial charge in [-0.2, -0.15) is 0 Å². The average Bonchev–Trinajstić information content (AvgIpc) is 0. The van der Waals surface area contributed by atoms with Gasteiger partial charge >= 0.3 is 46.1 Å². The van der Waals surface area contributed by atoms with E-state index in [4.69, 9.17) is 0 Å². The molecule has 0 rings (SSSR count). The van der Waals surface area contributed by atoms with Crippen molar-refractivity contribution in [2.45, 2.75) is 0 Å². The van der Waals surface area contributed by atoms with Gasteiger partial charge in [-0.3, -0.25) is 0 Å². The van der Waals surface area contributed by atoms with Gasteiger partial charge in [-0.05, 0) is 0 Å². The maximum atomic E-state index is 0. The Hall–Kier alpha value is 2.68. The van der Waals surface area contributed by atoms with Gasteiger partial charge in [0, 0.05) is 36.5 Å². The standard InChI is InChI=1S/2Mg.Mn.Zn.4H. The maximum Gasteiger partial charge on any atom is 0.316 e. The van der Waals surface area contributed by atoms with Crippen LogP contribution in [0.2, 0.25) is 0 Å². The van der Waals surface area contributed by atoms with Gasteiger partial charge < -0.3 is 0 Å². The Bertz CT molecular complexity index is 6.00. The van der Waals surface area contributed by atoms with E-state index in [0.29, 0.717) is 0 Å². The van der Waals surface area contributed by atoms with E-state index >= 15 is 0 Å². The number of rotatable bonds is 0. The van der Waals surface area contributed by atoms with E-state index in [2.05, 4.69) is 0 Å². The summed E-state index contributed by atoms with van der Waals surface area (Å²) in [7, 11) is 0. The molecule has 1 radical (unpaired) electrons. The molecule has 0 saturated heterocycles. The van der Waals surface area contributed by atoms with Crippen LogP contribution in [-0.4, -0.2) is 46.1 Å². The third-order valence-electron chi connectivity index (χ3n) is 0. The second-order valence-electron chi connectivity index (χ2n) is 0. The summed E-state index contributed by atoms with van der Waals surface area (Å²) in [6.07, 6.45) is 0. The molecule has 4 heavy (non-hydrogen) atoms. The summed E-state index contributed by atoms with van der Waals surface area (Å²) in [6, 6.07) is 0. The molecule has 0 aromatic rings. The minimum Gasteiger partial charge on any atom is 0 e. The minimum absolute atomic E-state index is 0. The smallest absolute Gasteiger partial charge is 0 e. The van der Waals surface area contributed by atoms with Crippen molar-refractivity contribution < 1.29 is 36.5 Å². The summed E-state index contributed by atoms with van der Waals surface area (Å²) in [5.74, 6) is 0. The summed E-state index contributed by atoms with van der Waals surface area (Å²) < 4.78 is 0. The van der Waals surface area contributed by atoms with Crippen molar-refractivity contribution in [1.29, 1.82) is 0 Å². The molecular formula is H4Mg2MnZn. The molecule has 4 heteroatoms. The van der Waals surface area contributed by atoms with Crippen molar-refractivity contribution in [1.82, 2.24) is 0 Å². The van der Waals surface area contributed by atoms with Crippen LogP contribution >= 0.6 is 0 Å². The van der Waals surface area contributed by atoms with Gasteiger partial charge in [-0.25, -0.2) is 0 Å². The van der Waals surface area contributed by atoms with Crippen LogP contribution in [0, 0.1) is 0 Å². The maximum absolute atomic E-state index is 0. The largest absolute Gasteiger partial charge is 0.316 e. The van der Waals surface area contributed by atoms with E-state index in [9.17, 15) is 0 Å². The fraction of sp³-hybridized carbons (Fsp3) is 0. The third kappa shape index (κ3) is 8.82. The van der Waals surface area contributed by atoms with Crippen LogP contribution in [0.15, 0.2) is 0 Å². The monoisotopic (exact) mass is 171 g/mol. The molecule has 0 saturated carbocycles. The van der Waals surface area contributed by atoms with Crippen LogP contribution in [0.5, 0.6) is 0 Å². The van der Waals surface area contributed by atoms with E-state index in [1.165, 1.54) is 0 Å². The molecule has 0 aliphatic carbocycles. The zero-order chi connectivity index (χ0) is 0.